The number of rotatable bonds is 13. The van der Waals surface area contributed by atoms with Crippen LogP contribution in [0, 0.1) is 6.92 Å². The third kappa shape index (κ3) is 14.1. The predicted molar refractivity (Wildman–Crippen MR) is 316 cm³/mol. The van der Waals surface area contributed by atoms with E-state index in [1.807, 2.05) is 156 Å². The summed E-state index contributed by atoms with van der Waals surface area (Å²) in [5.41, 5.74) is 12.3. The average molecular weight is 1050 g/mol. The van der Waals surface area contributed by atoms with E-state index in [0.717, 1.165) is 67.5 Å². The highest BCUT2D eigenvalue weighted by molar-refractivity contribution is 6.05. The van der Waals surface area contributed by atoms with E-state index in [-0.39, 0.29) is 11.8 Å². The highest BCUT2D eigenvalue weighted by Crippen LogP contribution is 2.25. The van der Waals surface area contributed by atoms with Crippen molar-refractivity contribution in [3.05, 3.63) is 290 Å². The van der Waals surface area contributed by atoms with Gasteiger partial charge in [-0.15, -0.1) is 0 Å². The maximum Gasteiger partial charge on any atom is 0.255 e. The monoisotopic (exact) mass is 1050 g/mol. The van der Waals surface area contributed by atoms with E-state index in [9.17, 15) is 9.59 Å². The molecule has 2 amide bonds. The van der Waals surface area contributed by atoms with Crippen molar-refractivity contribution in [1.82, 2.24) is 43.6 Å². The molecule has 6 aromatic heterocycles. The Labute approximate surface area is 461 Å². The number of aromatic nitrogens is 9. The molecule has 0 atom stereocenters. The molecule has 0 radical (unpaired) electrons. The number of hydrogen-bond acceptors (Lipinski definition) is 11. The van der Waals surface area contributed by atoms with Gasteiger partial charge in [0.2, 0.25) is 0 Å². The number of carbonyl (C=O) groups excluding carboxylic acids is 2. The lowest BCUT2D eigenvalue weighted by Gasteiger charge is -2.08. The normalized spacial score (nSPS) is 11.0. The molecule has 6 aromatic carbocycles. The molecule has 0 aliphatic rings. The lowest BCUT2D eigenvalue weighted by atomic mass is 10.1. The number of hydrogen-bond donors (Lipinski definition) is 2. The van der Waals surface area contributed by atoms with E-state index >= 15 is 0 Å². The van der Waals surface area contributed by atoms with Gasteiger partial charge in [0.15, 0.2) is 0 Å². The third-order valence-electron chi connectivity index (χ3n) is 12.2. The minimum absolute atomic E-state index is 0.217. The molecule has 0 saturated heterocycles. The van der Waals surface area contributed by atoms with Crippen LogP contribution in [-0.2, 0) is 0 Å². The Morgan fingerprint density at radius 2 is 0.900 bits per heavy atom. The van der Waals surface area contributed by atoms with E-state index in [1.165, 1.54) is 0 Å². The molecule has 0 aliphatic carbocycles. The van der Waals surface area contributed by atoms with Crippen LogP contribution < -0.4 is 10.6 Å². The van der Waals surface area contributed by atoms with Gasteiger partial charge < -0.3 is 24.3 Å². The van der Waals surface area contributed by atoms with E-state index in [4.69, 9.17) is 0 Å². The number of fused-ring (bicyclic) bond motifs is 1. The van der Waals surface area contributed by atoms with Gasteiger partial charge in [0.25, 0.3) is 11.8 Å². The van der Waals surface area contributed by atoms with Crippen LogP contribution in [0.1, 0.15) is 43.2 Å². The predicted octanol–water partition coefficient (Wildman–Crippen LogP) is 13.0. The van der Waals surface area contributed by atoms with Crippen LogP contribution in [0.15, 0.2) is 272 Å². The average Bonchev–Trinajstić information content (AvgIpc) is 4.38. The molecule has 0 bridgehead atoms. The van der Waals surface area contributed by atoms with Crippen LogP contribution in [0.2, 0.25) is 0 Å². The Morgan fingerprint density at radius 1 is 0.425 bits per heavy atom. The summed E-state index contributed by atoms with van der Waals surface area (Å²) in [4.78, 5) is 62.3. The van der Waals surface area contributed by atoms with Crippen LogP contribution in [0.25, 0.3) is 28.0 Å². The van der Waals surface area contributed by atoms with Crippen molar-refractivity contribution in [3.63, 3.8) is 0 Å². The number of carbonyl (C=O) groups is 2. The number of aryl methyl sites for hydroxylation is 1. The van der Waals surface area contributed by atoms with Gasteiger partial charge in [0.05, 0.1) is 35.2 Å². The van der Waals surface area contributed by atoms with Gasteiger partial charge in [-0.3, -0.25) is 39.5 Å². The summed E-state index contributed by atoms with van der Waals surface area (Å²) < 4.78 is 5.97. The van der Waals surface area contributed by atoms with Crippen molar-refractivity contribution in [3.8, 4) is 17.1 Å². The van der Waals surface area contributed by atoms with Crippen molar-refractivity contribution in [2.45, 2.75) is 6.92 Å². The van der Waals surface area contributed by atoms with Crippen molar-refractivity contribution in [2.24, 2.45) is 15.0 Å². The largest absolute Gasteiger partial charge is 0.322 e. The fraction of sp³-hybridized carbons (Fsp3) is 0.0156. The second-order valence-corrected chi connectivity index (χ2v) is 17.7. The Bertz CT molecular complexity index is 3810. The number of amides is 2. The number of aliphatic imine (C=N–C) groups is 3. The van der Waals surface area contributed by atoms with E-state index in [2.05, 4.69) is 84.3 Å². The second-order valence-electron chi connectivity index (χ2n) is 17.7. The van der Waals surface area contributed by atoms with Gasteiger partial charge in [-0.1, -0.05) is 42.5 Å². The summed E-state index contributed by atoms with van der Waals surface area (Å²) in [5, 5.41) is 6.62. The zero-order valence-electron chi connectivity index (χ0n) is 43.2. The second kappa shape index (κ2) is 25.9. The van der Waals surface area contributed by atoms with Crippen molar-refractivity contribution in [1.29, 1.82) is 0 Å². The Hall–Kier alpha value is -11.4. The highest BCUT2D eigenvalue weighted by atomic mass is 16.2. The highest BCUT2D eigenvalue weighted by Gasteiger charge is 2.08. The Kier molecular flexibility index (Phi) is 16.9. The van der Waals surface area contributed by atoms with Gasteiger partial charge >= 0.3 is 0 Å². The molecule has 0 unspecified atom stereocenters. The van der Waals surface area contributed by atoms with E-state index < -0.39 is 0 Å². The van der Waals surface area contributed by atoms with Crippen LogP contribution in [0.3, 0.4) is 0 Å². The quantitative estimate of drug-likeness (QED) is 0.107. The van der Waals surface area contributed by atoms with Crippen molar-refractivity contribution >= 4 is 69.8 Å². The molecule has 0 fully saturated rings. The van der Waals surface area contributed by atoms with Crippen LogP contribution in [-0.4, -0.2) is 74.1 Å². The van der Waals surface area contributed by atoms with E-state index in [1.54, 1.807) is 111 Å². The number of benzene rings is 6. The third-order valence-corrected chi connectivity index (χ3v) is 12.2. The minimum atomic E-state index is -0.217. The molecule has 388 valence electrons. The molecule has 80 heavy (non-hydrogen) atoms. The topological polar surface area (TPSA) is 187 Å². The van der Waals surface area contributed by atoms with Crippen molar-refractivity contribution < 1.29 is 9.59 Å². The van der Waals surface area contributed by atoms with Gasteiger partial charge in [0, 0.05) is 132 Å². The number of nitrogens with zero attached hydrogens (tertiary/aromatic N) is 12. The molecule has 2 N–H and O–H groups in total. The molecular formula is C64H50N14O2. The minimum Gasteiger partial charge on any atom is -0.322 e. The molecule has 16 nitrogen and oxygen atoms in total. The molecule has 0 aliphatic heterocycles. The first-order valence-electron chi connectivity index (χ1n) is 25.2. The number of anilines is 2. The van der Waals surface area contributed by atoms with Gasteiger partial charge in [-0.2, -0.15) is 0 Å². The van der Waals surface area contributed by atoms with Crippen LogP contribution in [0.5, 0.6) is 0 Å². The van der Waals surface area contributed by atoms with Gasteiger partial charge in [-0.05, 0) is 157 Å². The smallest absolute Gasteiger partial charge is 0.255 e. The summed E-state index contributed by atoms with van der Waals surface area (Å²) >= 11 is 0. The van der Waals surface area contributed by atoms with Gasteiger partial charge in [-0.25, -0.2) is 15.0 Å². The molecule has 0 saturated carbocycles. The number of nitrogens with one attached hydrogen (secondary N) is 2. The summed E-state index contributed by atoms with van der Waals surface area (Å²) in [7, 11) is 0. The zero-order valence-corrected chi connectivity index (χ0v) is 43.2. The maximum absolute atomic E-state index is 12.0. The SMILES string of the molecule is C(=Nc1ccc(-n2ccnc2)cc1)c1ccc(C=Nc2ccc(-n3ccnc3)cc2)cc1.Cc1nccn1-c1ccc(C=Nc2cccc3ncccc23)cc1.O=C(Nc1ccc(NC(=O)c2ccncc2)cc1)c1ccncc1. The first kappa shape index (κ1) is 52.1. The van der Waals surface area contributed by atoms with Gasteiger partial charge in [0.1, 0.15) is 5.82 Å². The molecule has 6 heterocycles. The number of imidazole rings is 3. The first-order chi connectivity index (χ1) is 39.4. The number of pyridine rings is 3. The Morgan fingerprint density at radius 3 is 1.36 bits per heavy atom. The lowest BCUT2D eigenvalue weighted by molar-refractivity contribution is 0.101. The molecular weight excluding hydrogens is 997 g/mol. The molecule has 12 rings (SSSR count). The zero-order chi connectivity index (χ0) is 54.7. The molecule has 0 spiro atoms. The van der Waals surface area contributed by atoms with Crippen LogP contribution in [0.4, 0.5) is 28.4 Å². The standard InChI is InChI=1S/C26H20N6.C20H16N4.C18H14N4O2/c1-2-22(18-30-24-7-11-26(12-8-24)32-16-14-28-20-32)4-3-21(1)17-29-23-5-9-25(10-6-23)31-15-13-27-19-31;1-15-21-12-13-24(15)17-9-7-16(8-10-17)14-23-20-6-2-5-19-18(20)4-3-11-22-19;23-17(13-5-9-19-10-6-13)21-15-1-2-16(4-3-15)22-18(24)14-7-11-20-12-8-14/h1-20H;2-14H,1H3;1-12H,(H,21,23)(H,22,24). The Balaban J connectivity index is 0.000000137. The fourth-order valence-electron chi connectivity index (χ4n) is 7.98. The molecule has 12 aromatic rings. The summed E-state index contributed by atoms with van der Waals surface area (Å²) in [6.07, 6.45) is 28.3. The first-order valence-corrected chi connectivity index (χ1v) is 25.2. The van der Waals surface area contributed by atoms with Crippen molar-refractivity contribution in [2.75, 3.05) is 10.6 Å². The summed E-state index contributed by atoms with van der Waals surface area (Å²) in [5.74, 6) is 0.539. The summed E-state index contributed by atoms with van der Waals surface area (Å²) in [6, 6.07) is 55.9. The van der Waals surface area contributed by atoms with E-state index in [0.29, 0.717) is 22.5 Å². The summed E-state index contributed by atoms with van der Waals surface area (Å²) in [6.45, 7) is 1.99. The van der Waals surface area contributed by atoms with Crippen LogP contribution >= 0.6 is 0 Å². The fourth-order valence-corrected chi connectivity index (χ4v) is 7.98. The lowest BCUT2D eigenvalue weighted by Crippen LogP contribution is -2.13. The maximum atomic E-state index is 12.0. The molecule has 16 heteroatoms.